The molecule has 0 radical (unpaired) electrons. The topological polar surface area (TPSA) is 151 Å². The number of anilines is 1. The van der Waals surface area contributed by atoms with Crippen molar-refractivity contribution >= 4 is 32.8 Å². The number of nitrogens with zero attached hydrogens (tertiary/aromatic N) is 7. The summed E-state index contributed by atoms with van der Waals surface area (Å²) in [6.07, 6.45) is -5.61. The van der Waals surface area contributed by atoms with Gasteiger partial charge in [-0.3, -0.25) is 18.9 Å². The van der Waals surface area contributed by atoms with E-state index < -0.39 is 86.8 Å². The Morgan fingerprint density at radius 1 is 1.00 bits per heavy atom. The lowest BCUT2D eigenvalue weighted by Gasteiger charge is -2.31. The summed E-state index contributed by atoms with van der Waals surface area (Å²) in [5.41, 5.74) is -3.48. The molecule has 3 N–H and O–H groups in total. The quantitative estimate of drug-likeness (QED) is 0.124. The number of hydrogen-bond donors (Lipinski definition) is 3. The van der Waals surface area contributed by atoms with Gasteiger partial charge in [0.25, 0.3) is 5.92 Å². The van der Waals surface area contributed by atoms with Crippen LogP contribution in [-0.4, -0.2) is 92.0 Å². The lowest BCUT2D eigenvalue weighted by Crippen LogP contribution is -2.48. The fourth-order valence-electron chi connectivity index (χ4n) is 8.25. The highest BCUT2D eigenvalue weighted by Gasteiger charge is 2.68. The van der Waals surface area contributed by atoms with E-state index in [-0.39, 0.29) is 54.3 Å². The third-order valence-electron chi connectivity index (χ3n) is 11.1. The number of benzene rings is 2. The number of fused-ring (bicyclic) bond motifs is 4. The van der Waals surface area contributed by atoms with Crippen molar-refractivity contribution in [1.29, 1.82) is 0 Å². The molecule has 0 spiro atoms. The molecular weight excluding hydrogens is 848 g/mol. The van der Waals surface area contributed by atoms with Crippen molar-refractivity contribution in [3.05, 3.63) is 94.1 Å². The second-order valence-electron chi connectivity index (χ2n) is 16.4. The predicted molar refractivity (Wildman–Crippen MR) is 212 cm³/mol. The van der Waals surface area contributed by atoms with Crippen LogP contribution < -0.4 is 10.0 Å². The van der Waals surface area contributed by atoms with Gasteiger partial charge in [0.15, 0.2) is 11.5 Å². The summed E-state index contributed by atoms with van der Waals surface area (Å²) in [4.78, 5) is 20.7. The Kier molecular flexibility index (Phi) is 10.7. The summed E-state index contributed by atoms with van der Waals surface area (Å²) in [6.45, 7) is 3.31. The number of aryl methyl sites for hydroxylation is 1. The Bertz CT molecular complexity index is 2760. The molecular formula is C41H40F7N9O4S. The van der Waals surface area contributed by atoms with Gasteiger partial charge in [-0.25, -0.2) is 13.8 Å². The molecule has 62 heavy (non-hydrogen) atoms. The Labute approximate surface area is 351 Å². The number of pyridine rings is 1. The minimum Gasteiger partial charge on any atom is -0.378 e. The summed E-state index contributed by atoms with van der Waals surface area (Å²) in [5, 5.41) is 21.3. The van der Waals surface area contributed by atoms with Crippen molar-refractivity contribution in [3.8, 4) is 23.0 Å². The lowest BCUT2D eigenvalue weighted by molar-refractivity contribution is -0.142. The van der Waals surface area contributed by atoms with Crippen LogP contribution in [0.1, 0.15) is 66.1 Å². The number of halogens is 7. The lowest BCUT2D eigenvalue weighted by atomic mass is 9.93. The minimum absolute atomic E-state index is 0.00459. The number of aliphatic hydroxyl groups is 1. The second kappa shape index (κ2) is 15.4. The molecule has 21 heteroatoms. The zero-order valence-corrected chi connectivity index (χ0v) is 34.5. The number of para-hydroxylation sites is 1. The number of hydrogen-bond acceptors (Lipinski definition) is 8. The normalized spacial score (nSPS) is 19.4. The molecule has 3 aromatic heterocycles. The highest BCUT2D eigenvalue weighted by atomic mass is 32.2. The molecule has 2 aromatic carbocycles. The molecule has 3 aliphatic rings. The van der Waals surface area contributed by atoms with Crippen LogP contribution in [0.4, 0.5) is 36.6 Å². The maximum atomic E-state index is 15.5. The highest BCUT2D eigenvalue weighted by molar-refractivity contribution is 7.90. The molecule has 4 heterocycles. The van der Waals surface area contributed by atoms with E-state index in [1.165, 1.54) is 28.9 Å². The summed E-state index contributed by atoms with van der Waals surface area (Å²) in [6, 6.07) is 9.25. The molecule has 1 aliphatic heterocycles. The Balaban J connectivity index is 1.24. The fourth-order valence-corrected chi connectivity index (χ4v) is 9.42. The average molecular weight is 888 g/mol. The summed E-state index contributed by atoms with van der Waals surface area (Å²) < 4.78 is 135. The Hall–Kier alpha value is -5.56. The first-order valence-corrected chi connectivity index (χ1v) is 20.9. The van der Waals surface area contributed by atoms with Crippen LogP contribution in [0.5, 0.6) is 0 Å². The Morgan fingerprint density at radius 3 is 2.35 bits per heavy atom. The van der Waals surface area contributed by atoms with E-state index in [0.717, 1.165) is 12.1 Å². The number of likely N-dealkylation sites (N-methyl/N-ethyl adjacent to an activating group) is 1. The summed E-state index contributed by atoms with van der Waals surface area (Å²) >= 11 is 0. The SMILES string of the molecule is CN1CCN(S(=O)(=O)Nc2nn(C)c3c(-c4ccc(C#CC(C)(C)O)nc4[C@H](Cc4cc(F)cc(F)c4)NC(=O)Cn4nc(C(F)(F)F)c5c4C(F)(F)[C@@H]4C[C@H]54)cccc23)CC1. The van der Waals surface area contributed by atoms with Gasteiger partial charge < -0.3 is 15.3 Å². The molecule has 1 saturated heterocycles. The van der Waals surface area contributed by atoms with Gasteiger partial charge in [0, 0.05) is 67.3 Å². The van der Waals surface area contributed by atoms with E-state index in [2.05, 4.69) is 32.1 Å². The molecule has 328 valence electrons. The van der Waals surface area contributed by atoms with Gasteiger partial charge in [-0.15, -0.1) is 0 Å². The monoisotopic (exact) mass is 887 g/mol. The van der Waals surface area contributed by atoms with Gasteiger partial charge in [0.2, 0.25) is 5.91 Å². The molecule has 3 atom stereocenters. The van der Waals surface area contributed by atoms with E-state index in [1.807, 2.05) is 11.9 Å². The second-order valence-corrected chi connectivity index (χ2v) is 18.0. The van der Waals surface area contributed by atoms with E-state index in [4.69, 9.17) is 4.98 Å². The van der Waals surface area contributed by atoms with Crippen LogP contribution in [0.25, 0.3) is 22.0 Å². The number of nitrogens with one attached hydrogen (secondary N) is 2. The van der Waals surface area contributed by atoms with E-state index in [1.54, 1.807) is 31.3 Å². The molecule has 0 unspecified atom stereocenters. The highest BCUT2D eigenvalue weighted by Crippen LogP contribution is 2.68. The molecule has 13 nitrogen and oxygen atoms in total. The van der Waals surface area contributed by atoms with Crippen molar-refractivity contribution in [3.63, 3.8) is 0 Å². The maximum absolute atomic E-state index is 15.5. The van der Waals surface area contributed by atoms with Gasteiger partial charge in [0.1, 0.15) is 35.2 Å². The summed E-state index contributed by atoms with van der Waals surface area (Å²) in [5.74, 6) is -3.67. The molecule has 2 aliphatic carbocycles. The van der Waals surface area contributed by atoms with Gasteiger partial charge in [-0.05, 0) is 81.5 Å². The third-order valence-corrected chi connectivity index (χ3v) is 12.6. The number of carbonyl (C=O) groups excluding carboxylic acids is 1. The predicted octanol–water partition coefficient (Wildman–Crippen LogP) is 5.46. The minimum atomic E-state index is -5.08. The van der Waals surface area contributed by atoms with E-state index in [0.29, 0.717) is 40.3 Å². The number of amides is 1. The first kappa shape index (κ1) is 43.1. The number of piperazine rings is 1. The number of rotatable bonds is 10. The molecule has 1 amide bonds. The molecule has 8 rings (SSSR count). The van der Waals surface area contributed by atoms with Crippen molar-refractivity contribution < 1.29 is 49.1 Å². The largest absolute Gasteiger partial charge is 0.435 e. The first-order valence-electron chi connectivity index (χ1n) is 19.5. The first-order chi connectivity index (χ1) is 29.0. The van der Waals surface area contributed by atoms with Crippen LogP contribution in [0, 0.1) is 29.4 Å². The van der Waals surface area contributed by atoms with Crippen LogP contribution in [0.3, 0.4) is 0 Å². The number of aromatic nitrogens is 5. The number of carbonyl (C=O) groups is 1. The van der Waals surface area contributed by atoms with Crippen LogP contribution in [0.2, 0.25) is 0 Å². The fraction of sp³-hybridized carbons (Fsp3) is 0.415. The van der Waals surface area contributed by atoms with Crippen molar-refractivity contribution in [2.75, 3.05) is 37.9 Å². The van der Waals surface area contributed by atoms with Gasteiger partial charge in [0.05, 0.1) is 17.3 Å². The van der Waals surface area contributed by atoms with Crippen LogP contribution in [-0.2, 0) is 47.1 Å². The molecule has 0 bridgehead atoms. The maximum Gasteiger partial charge on any atom is 0.435 e. The van der Waals surface area contributed by atoms with E-state index >= 15 is 8.78 Å². The number of alkyl halides is 5. The van der Waals surface area contributed by atoms with Gasteiger partial charge in [-0.1, -0.05) is 18.1 Å². The van der Waals surface area contributed by atoms with Crippen molar-refractivity contribution in [2.45, 2.75) is 62.9 Å². The smallest absolute Gasteiger partial charge is 0.378 e. The average Bonchev–Trinajstić information content (AvgIpc) is 3.72. The van der Waals surface area contributed by atoms with Crippen molar-refractivity contribution in [1.82, 2.24) is 39.1 Å². The standard InChI is InChI=1S/C41H40F7N9O4S/c1-39(2,59)11-10-25-8-9-26(27-6-5-7-28-35(27)55(4)52-38(28)53-62(60,61)56-14-12-54(3)13-15-56)34(49-25)31(18-22-16-23(42)19-24(43)17-22)50-32(58)21-57-37-33(36(51-57)41(46,47)48)29-20-30(29)40(37,44)45/h5-9,16-17,19,29-31,59H,12-15,18,20-21H2,1-4H3,(H,50,58)(H,52,53)/t29-,30+,31-/m0/s1. The molecule has 2 fully saturated rings. The van der Waals surface area contributed by atoms with Crippen LogP contribution >= 0.6 is 0 Å². The zero-order valence-electron chi connectivity index (χ0n) is 33.7. The molecule has 1 saturated carbocycles. The third kappa shape index (κ3) is 8.35. The van der Waals surface area contributed by atoms with Crippen molar-refractivity contribution in [2.24, 2.45) is 13.0 Å². The zero-order chi connectivity index (χ0) is 44.7. The summed E-state index contributed by atoms with van der Waals surface area (Å²) in [7, 11) is -0.599. The Morgan fingerprint density at radius 2 is 1.69 bits per heavy atom. The molecule has 5 aromatic rings. The van der Waals surface area contributed by atoms with E-state index in [9.17, 15) is 40.3 Å². The van der Waals surface area contributed by atoms with Gasteiger partial charge >= 0.3 is 16.4 Å². The van der Waals surface area contributed by atoms with Gasteiger partial charge in [-0.2, -0.15) is 44.9 Å². The van der Waals surface area contributed by atoms with Crippen LogP contribution in [0.15, 0.2) is 48.5 Å².